The summed E-state index contributed by atoms with van der Waals surface area (Å²) in [5.74, 6) is -0.667. The number of carbonyl (C=O) groups excluding carboxylic acids is 1. The first kappa shape index (κ1) is 17.4. The lowest BCUT2D eigenvalue weighted by atomic mass is 10.1. The van der Waals surface area contributed by atoms with Gasteiger partial charge < -0.3 is 15.1 Å². The molecule has 1 heterocycles. The molecule has 1 aromatic heterocycles. The van der Waals surface area contributed by atoms with Crippen LogP contribution in [0.5, 0.6) is 0 Å². The molecular formula is C15H20N3O4P. The minimum atomic E-state index is -4.50. The van der Waals surface area contributed by atoms with Gasteiger partial charge in [0.2, 0.25) is 5.91 Å². The van der Waals surface area contributed by atoms with E-state index in [0.717, 1.165) is 5.69 Å². The molecule has 0 saturated heterocycles. The van der Waals surface area contributed by atoms with E-state index in [1.165, 1.54) is 0 Å². The van der Waals surface area contributed by atoms with Crippen LogP contribution in [0.4, 0.5) is 5.69 Å². The van der Waals surface area contributed by atoms with Crippen LogP contribution < -0.4 is 5.32 Å². The third kappa shape index (κ3) is 4.76. The van der Waals surface area contributed by atoms with Gasteiger partial charge in [-0.15, -0.1) is 0 Å². The van der Waals surface area contributed by atoms with E-state index in [0.29, 0.717) is 5.69 Å². The topological polar surface area (TPSA) is 104 Å². The van der Waals surface area contributed by atoms with Gasteiger partial charge in [-0.2, -0.15) is 5.10 Å². The first-order chi connectivity index (χ1) is 10.8. The minimum absolute atomic E-state index is 0.000524. The summed E-state index contributed by atoms with van der Waals surface area (Å²) in [5.41, 5.74) is -0.0388. The minimum Gasteiger partial charge on any atom is -0.325 e. The molecule has 1 aromatic carbocycles. The van der Waals surface area contributed by atoms with Crippen LogP contribution in [0, 0.1) is 5.92 Å². The second kappa shape index (κ2) is 7.08. The van der Waals surface area contributed by atoms with Crippen LogP contribution in [-0.4, -0.2) is 31.1 Å². The Labute approximate surface area is 134 Å². The van der Waals surface area contributed by atoms with Crippen molar-refractivity contribution in [2.75, 3.05) is 5.32 Å². The summed E-state index contributed by atoms with van der Waals surface area (Å²) in [5, 5.41) is 6.66. The van der Waals surface area contributed by atoms with E-state index < -0.39 is 19.2 Å². The fourth-order valence-corrected chi connectivity index (χ4v) is 3.25. The summed E-state index contributed by atoms with van der Waals surface area (Å²) < 4.78 is 13.2. The molecule has 0 saturated carbocycles. The molecule has 0 fully saturated rings. The first-order valence-electron chi connectivity index (χ1n) is 7.23. The molecule has 0 spiro atoms. The van der Waals surface area contributed by atoms with Gasteiger partial charge >= 0.3 is 7.60 Å². The van der Waals surface area contributed by atoms with Gasteiger partial charge in [0.25, 0.3) is 0 Å². The van der Waals surface area contributed by atoms with E-state index in [1.54, 1.807) is 47.4 Å². The normalized spacial score (nSPS) is 13.1. The van der Waals surface area contributed by atoms with E-state index in [-0.39, 0.29) is 12.3 Å². The van der Waals surface area contributed by atoms with Crippen LogP contribution in [0.3, 0.4) is 0 Å². The maximum atomic E-state index is 12.2. The monoisotopic (exact) mass is 337 g/mol. The van der Waals surface area contributed by atoms with Crippen molar-refractivity contribution >= 4 is 19.2 Å². The first-order valence-corrected chi connectivity index (χ1v) is 8.91. The highest BCUT2D eigenvalue weighted by Crippen LogP contribution is 2.44. The van der Waals surface area contributed by atoms with Crippen molar-refractivity contribution in [2.45, 2.75) is 25.9 Å². The van der Waals surface area contributed by atoms with Crippen molar-refractivity contribution in [1.82, 2.24) is 9.78 Å². The average Bonchev–Trinajstić information content (AvgIpc) is 2.98. The Morgan fingerprint density at radius 2 is 1.96 bits per heavy atom. The molecule has 0 aliphatic heterocycles. The maximum absolute atomic E-state index is 12.2. The predicted octanol–water partition coefficient (Wildman–Crippen LogP) is 2.40. The van der Waals surface area contributed by atoms with Crippen LogP contribution in [0.2, 0.25) is 0 Å². The van der Waals surface area contributed by atoms with Gasteiger partial charge in [-0.3, -0.25) is 9.36 Å². The molecule has 23 heavy (non-hydrogen) atoms. The molecule has 124 valence electrons. The lowest BCUT2D eigenvalue weighted by Crippen LogP contribution is -2.29. The number of nitrogens with one attached hydrogen (secondary N) is 1. The number of amides is 1. The van der Waals surface area contributed by atoms with Gasteiger partial charge in [-0.05, 0) is 42.7 Å². The molecule has 0 bridgehead atoms. The van der Waals surface area contributed by atoms with Crippen LogP contribution in [-0.2, 0) is 9.36 Å². The van der Waals surface area contributed by atoms with E-state index in [1.807, 2.05) is 13.8 Å². The van der Waals surface area contributed by atoms with Crippen LogP contribution in [0.25, 0.3) is 5.69 Å². The SMILES string of the molecule is CC(C)CC(C(=O)Nc1ccc(-n2cccn2)cc1)P(=O)(O)O. The van der Waals surface area contributed by atoms with Gasteiger partial charge in [0.1, 0.15) is 5.66 Å². The van der Waals surface area contributed by atoms with Gasteiger partial charge in [0.05, 0.1) is 5.69 Å². The Hall–Kier alpha value is -1.95. The summed E-state index contributed by atoms with van der Waals surface area (Å²) in [7, 11) is -4.50. The summed E-state index contributed by atoms with van der Waals surface area (Å²) in [6, 6.07) is 8.66. The fourth-order valence-electron chi connectivity index (χ4n) is 2.19. The smallest absolute Gasteiger partial charge is 0.325 e. The number of aromatic nitrogens is 2. The summed E-state index contributed by atoms with van der Waals surface area (Å²) in [6.45, 7) is 3.63. The Balaban J connectivity index is 2.11. The summed E-state index contributed by atoms with van der Waals surface area (Å²) in [4.78, 5) is 31.0. The molecule has 1 unspecified atom stereocenters. The molecule has 2 aromatic rings. The van der Waals surface area contributed by atoms with Crippen LogP contribution in [0.1, 0.15) is 20.3 Å². The zero-order valence-corrected chi connectivity index (χ0v) is 13.9. The highest BCUT2D eigenvalue weighted by molar-refractivity contribution is 7.53. The standard InChI is InChI=1S/C15H20N3O4P/c1-11(2)10-14(23(20,21)22)15(19)17-12-4-6-13(7-5-12)18-9-3-8-16-18/h3-9,11,14H,10H2,1-2H3,(H,17,19)(H2,20,21,22). The molecular weight excluding hydrogens is 317 g/mol. The van der Waals surface area contributed by atoms with Gasteiger partial charge in [-0.25, -0.2) is 4.68 Å². The van der Waals surface area contributed by atoms with Crippen molar-refractivity contribution in [2.24, 2.45) is 5.92 Å². The van der Waals surface area contributed by atoms with Crippen LogP contribution >= 0.6 is 7.60 Å². The number of nitrogens with zero attached hydrogens (tertiary/aromatic N) is 2. The average molecular weight is 337 g/mol. The summed E-state index contributed by atoms with van der Waals surface area (Å²) in [6.07, 6.45) is 3.58. The second-order valence-electron chi connectivity index (χ2n) is 5.72. The lowest BCUT2D eigenvalue weighted by molar-refractivity contribution is -0.116. The lowest BCUT2D eigenvalue weighted by Gasteiger charge is -2.19. The van der Waals surface area contributed by atoms with Crippen molar-refractivity contribution in [3.63, 3.8) is 0 Å². The highest BCUT2D eigenvalue weighted by Gasteiger charge is 2.36. The number of benzene rings is 1. The van der Waals surface area contributed by atoms with Gasteiger partial charge in [-0.1, -0.05) is 13.8 Å². The van der Waals surface area contributed by atoms with Crippen molar-refractivity contribution < 1.29 is 19.1 Å². The zero-order valence-electron chi connectivity index (χ0n) is 13.0. The van der Waals surface area contributed by atoms with E-state index in [9.17, 15) is 19.1 Å². The molecule has 2 rings (SSSR count). The highest BCUT2D eigenvalue weighted by atomic mass is 31.2. The molecule has 1 amide bonds. The Kier molecular flexibility index (Phi) is 5.36. The maximum Gasteiger partial charge on any atom is 0.337 e. The molecule has 1 atom stereocenters. The molecule has 7 nitrogen and oxygen atoms in total. The molecule has 0 aliphatic rings. The number of rotatable bonds is 6. The van der Waals surface area contributed by atoms with E-state index in [2.05, 4.69) is 10.4 Å². The van der Waals surface area contributed by atoms with E-state index >= 15 is 0 Å². The number of anilines is 1. The zero-order chi connectivity index (χ0) is 17.0. The van der Waals surface area contributed by atoms with Crippen LogP contribution in [0.15, 0.2) is 42.7 Å². The third-order valence-corrected chi connectivity index (χ3v) is 4.56. The van der Waals surface area contributed by atoms with Crippen molar-refractivity contribution in [3.05, 3.63) is 42.7 Å². The molecule has 0 aliphatic carbocycles. The molecule has 0 radical (unpaired) electrons. The number of hydrogen-bond acceptors (Lipinski definition) is 3. The number of hydrogen-bond donors (Lipinski definition) is 3. The van der Waals surface area contributed by atoms with Gasteiger partial charge in [0, 0.05) is 18.1 Å². The summed E-state index contributed by atoms with van der Waals surface area (Å²) >= 11 is 0. The van der Waals surface area contributed by atoms with Crippen molar-refractivity contribution in [3.8, 4) is 5.69 Å². The Morgan fingerprint density at radius 1 is 1.30 bits per heavy atom. The quantitative estimate of drug-likeness (QED) is 0.702. The largest absolute Gasteiger partial charge is 0.337 e. The number of carbonyl (C=O) groups is 1. The molecule has 8 heteroatoms. The predicted molar refractivity (Wildman–Crippen MR) is 87.5 cm³/mol. The third-order valence-electron chi connectivity index (χ3n) is 3.31. The fraction of sp³-hybridized carbons (Fsp3) is 0.333. The van der Waals surface area contributed by atoms with Crippen molar-refractivity contribution in [1.29, 1.82) is 0 Å². The second-order valence-corrected chi connectivity index (χ2v) is 7.52. The van der Waals surface area contributed by atoms with E-state index in [4.69, 9.17) is 0 Å². The Bertz CT molecular complexity index is 692. The van der Waals surface area contributed by atoms with Gasteiger partial charge in [0.15, 0.2) is 0 Å². The molecule has 3 N–H and O–H groups in total. The Morgan fingerprint density at radius 3 is 2.43 bits per heavy atom.